The second kappa shape index (κ2) is 15.2. The standard InChI is InChI=1S/C33H44O3/c1-26(2)12-9-13-27(3)14-10-15-28(4)16-11-22-33(5,35)23-21-30-24-31(19-20-32(30)34)36-25-29-17-7-6-8-18-29/h6-8,12,14,16-21,23-24,34-35H,9-11,13,15,22,25H2,1-5H3/b23-21+,27-14+,28-16+/t33-/m1/s1. The van der Waals surface area contributed by atoms with Gasteiger partial charge in [-0.1, -0.05) is 77.4 Å². The highest BCUT2D eigenvalue weighted by molar-refractivity contribution is 5.59. The molecule has 0 fully saturated rings. The number of benzene rings is 2. The summed E-state index contributed by atoms with van der Waals surface area (Å²) >= 11 is 0. The zero-order valence-electron chi connectivity index (χ0n) is 22.8. The highest BCUT2D eigenvalue weighted by Crippen LogP contribution is 2.27. The van der Waals surface area contributed by atoms with Gasteiger partial charge in [0, 0.05) is 5.56 Å². The smallest absolute Gasteiger partial charge is 0.123 e. The van der Waals surface area contributed by atoms with Crippen LogP contribution in [0.15, 0.2) is 89.6 Å². The number of ether oxygens (including phenoxy) is 1. The average molecular weight is 489 g/mol. The molecule has 0 radical (unpaired) electrons. The summed E-state index contributed by atoms with van der Waals surface area (Å²) in [5, 5.41) is 21.1. The van der Waals surface area contributed by atoms with Crippen molar-refractivity contribution in [3.8, 4) is 11.5 Å². The molecule has 0 aromatic heterocycles. The van der Waals surface area contributed by atoms with Crippen molar-refractivity contribution in [2.24, 2.45) is 0 Å². The molecule has 2 aromatic rings. The summed E-state index contributed by atoms with van der Waals surface area (Å²) in [6, 6.07) is 15.1. The maximum Gasteiger partial charge on any atom is 0.123 e. The molecule has 0 saturated carbocycles. The van der Waals surface area contributed by atoms with E-state index in [9.17, 15) is 10.2 Å². The van der Waals surface area contributed by atoms with Gasteiger partial charge in [-0.05, 0) is 96.9 Å². The molecule has 3 nitrogen and oxygen atoms in total. The molecule has 194 valence electrons. The van der Waals surface area contributed by atoms with Crippen molar-refractivity contribution in [1.29, 1.82) is 0 Å². The van der Waals surface area contributed by atoms with Crippen molar-refractivity contribution >= 4 is 6.08 Å². The molecule has 0 aliphatic carbocycles. The molecular formula is C33H44O3. The van der Waals surface area contributed by atoms with E-state index in [-0.39, 0.29) is 5.75 Å². The first-order valence-electron chi connectivity index (χ1n) is 13.0. The van der Waals surface area contributed by atoms with Crippen molar-refractivity contribution in [3.63, 3.8) is 0 Å². The zero-order chi connectivity index (χ0) is 26.4. The Bertz CT molecular complexity index is 1050. The lowest BCUT2D eigenvalue weighted by atomic mass is 9.97. The van der Waals surface area contributed by atoms with Gasteiger partial charge in [0.1, 0.15) is 18.1 Å². The van der Waals surface area contributed by atoms with Gasteiger partial charge in [-0.2, -0.15) is 0 Å². The minimum absolute atomic E-state index is 0.161. The number of phenols is 1. The Hall–Kier alpha value is -3.04. The van der Waals surface area contributed by atoms with Crippen LogP contribution in [0, 0.1) is 0 Å². The van der Waals surface area contributed by atoms with E-state index in [4.69, 9.17) is 4.74 Å². The van der Waals surface area contributed by atoms with Crippen LogP contribution < -0.4 is 4.74 Å². The minimum atomic E-state index is -0.967. The van der Waals surface area contributed by atoms with Crippen molar-refractivity contribution in [1.82, 2.24) is 0 Å². The predicted octanol–water partition coefficient (Wildman–Crippen LogP) is 8.93. The summed E-state index contributed by atoms with van der Waals surface area (Å²) in [5.41, 5.74) is 4.92. The first-order valence-corrected chi connectivity index (χ1v) is 13.0. The fourth-order valence-corrected chi connectivity index (χ4v) is 3.80. The van der Waals surface area contributed by atoms with Gasteiger partial charge in [-0.25, -0.2) is 0 Å². The lowest BCUT2D eigenvalue weighted by Crippen LogP contribution is -2.19. The molecule has 0 unspecified atom stereocenters. The van der Waals surface area contributed by atoms with Crippen LogP contribution in [0.3, 0.4) is 0 Å². The summed E-state index contributed by atoms with van der Waals surface area (Å²) in [5.74, 6) is 0.838. The highest BCUT2D eigenvalue weighted by atomic mass is 16.5. The zero-order valence-corrected chi connectivity index (χ0v) is 22.8. The van der Waals surface area contributed by atoms with E-state index in [1.54, 1.807) is 37.3 Å². The van der Waals surface area contributed by atoms with E-state index in [1.165, 1.54) is 16.7 Å². The number of phenolic OH excluding ortho intramolecular Hbond substituents is 1. The van der Waals surface area contributed by atoms with Crippen LogP contribution in [-0.2, 0) is 6.61 Å². The van der Waals surface area contributed by atoms with E-state index in [0.29, 0.717) is 24.3 Å². The van der Waals surface area contributed by atoms with E-state index < -0.39 is 5.60 Å². The number of aliphatic hydroxyl groups is 1. The second-order valence-corrected chi connectivity index (χ2v) is 10.2. The number of allylic oxidation sites excluding steroid dienone is 6. The molecule has 0 bridgehead atoms. The lowest BCUT2D eigenvalue weighted by molar-refractivity contribution is 0.104. The Labute approximate surface area is 218 Å². The molecule has 0 heterocycles. The number of hydrogen-bond donors (Lipinski definition) is 2. The number of rotatable bonds is 14. The molecule has 0 amide bonds. The fourth-order valence-electron chi connectivity index (χ4n) is 3.80. The van der Waals surface area contributed by atoms with E-state index >= 15 is 0 Å². The van der Waals surface area contributed by atoms with Gasteiger partial charge in [0.2, 0.25) is 0 Å². The Kier molecular flexibility index (Phi) is 12.3. The van der Waals surface area contributed by atoms with Crippen LogP contribution >= 0.6 is 0 Å². The van der Waals surface area contributed by atoms with Gasteiger partial charge >= 0.3 is 0 Å². The van der Waals surface area contributed by atoms with Gasteiger partial charge < -0.3 is 14.9 Å². The maximum absolute atomic E-state index is 10.8. The summed E-state index contributed by atoms with van der Waals surface area (Å²) in [7, 11) is 0. The summed E-state index contributed by atoms with van der Waals surface area (Å²) in [6.07, 6.45) is 16.1. The Morgan fingerprint density at radius 1 is 0.861 bits per heavy atom. The third-order valence-electron chi connectivity index (χ3n) is 6.14. The van der Waals surface area contributed by atoms with Crippen molar-refractivity contribution in [2.45, 2.75) is 85.4 Å². The van der Waals surface area contributed by atoms with Crippen LogP contribution in [0.4, 0.5) is 0 Å². The van der Waals surface area contributed by atoms with Crippen LogP contribution in [0.1, 0.15) is 84.3 Å². The summed E-state index contributed by atoms with van der Waals surface area (Å²) in [6.45, 7) is 10.9. The van der Waals surface area contributed by atoms with Gasteiger partial charge in [-0.15, -0.1) is 0 Å². The van der Waals surface area contributed by atoms with E-state index in [2.05, 4.69) is 45.9 Å². The van der Waals surface area contributed by atoms with Gasteiger partial charge in [-0.3, -0.25) is 0 Å². The first kappa shape index (κ1) is 29.2. The average Bonchev–Trinajstić information content (AvgIpc) is 2.83. The molecule has 2 N–H and O–H groups in total. The SMILES string of the molecule is CC(C)=CCC/C(C)=C/CC/C(C)=C/CC[C@@](C)(O)/C=C/c1cc(OCc2ccccc2)ccc1O. The van der Waals surface area contributed by atoms with Crippen LogP contribution in [0.2, 0.25) is 0 Å². The maximum atomic E-state index is 10.8. The molecule has 0 saturated heterocycles. The van der Waals surface area contributed by atoms with E-state index in [0.717, 1.165) is 37.7 Å². The van der Waals surface area contributed by atoms with E-state index in [1.807, 2.05) is 30.3 Å². The van der Waals surface area contributed by atoms with Crippen molar-refractivity contribution in [3.05, 3.63) is 101 Å². The first-order chi connectivity index (χ1) is 17.1. The molecule has 1 atom stereocenters. The number of aromatic hydroxyl groups is 1. The lowest BCUT2D eigenvalue weighted by Gasteiger charge is -2.18. The summed E-state index contributed by atoms with van der Waals surface area (Å²) in [4.78, 5) is 0. The second-order valence-electron chi connectivity index (χ2n) is 10.2. The predicted molar refractivity (Wildman–Crippen MR) is 153 cm³/mol. The highest BCUT2D eigenvalue weighted by Gasteiger charge is 2.15. The van der Waals surface area contributed by atoms with Crippen molar-refractivity contribution in [2.75, 3.05) is 0 Å². The Morgan fingerprint density at radius 2 is 1.50 bits per heavy atom. The molecule has 0 aliphatic rings. The van der Waals surface area contributed by atoms with Crippen LogP contribution in [0.5, 0.6) is 11.5 Å². The Balaban J connectivity index is 1.83. The summed E-state index contributed by atoms with van der Waals surface area (Å²) < 4.78 is 5.86. The minimum Gasteiger partial charge on any atom is -0.507 e. The fraction of sp³-hybridized carbons (Fsp3) is 0.394. The number of hydrogen-bond acceptors (Lipinski definition) is 3. The largest absolute Gasteiger partial charge is 0.507 e. The quantitative estimate of drug-likeness (QED) is 0.261. The third-order valence-corrected chi connectivity index (χ3v) is 6.14. The molecule has 36 heavy (non-hydrogen) atoms. The molecule has 2 rings (SSSR count). The molecular weight excluding hydrogens is 444 g/mol. The molecule has 2 aromatic carbocycles. The normalized spacial score (nSPS) is 14.1. The van der Waals surface area contributed by atoms with Crippen molar-refractivity contribution < 1.29 is 14.9 Å². The van der Waals surface area contributed by atoms with Crippen LogP contribution in [-0.4, -0.2) is 15.8 Å². The molecule has 3 heteroatoms. The van der Waals surface area contributed by atoms with Gasteiger partial charge in [0.05, 0.1) is 5.60 Å². The molecule has 0 aliphatic heterocycles. The van der Waals surface area contributed by atoms with Gasteiger partial charge in [0.15, 0.2) is 0 Å². The molecule has 0 spiro atoms. The Morgan fingerprint density at radius 3 is 2.17 bits per heavy atom. The topological polar surface area (TPSA) is 49.7 Å². The van der Waals surface area contributed by atoms with Gasteiger partial charge in [0.25, 0.3) is 0 Å². The monoisotopic (exact) mass is 488 g/mol. The third kappa shape index (κ3) is 12.1. The van der Waals surface area contributed by atoms with Crippen LogP contribution in [0.25, 0.3) is 6.08 Å².